The minimum absolute atomic E-state index is 0.0202. The summed E-state index contributed by atoms with van der Waals surface area (Å²) < 4.78 is 2.21. The molecule has 2 aromatic heterocycles. The summed E-state index contributed by atoms with van der Waals surface area (Å²) in [5.41, 5.74) is 2.23. The molecule has 0 aromatic carbocycles. The molecular weight excluding hydrogens is 290 g/mol. The van der Waals surface area contributed by atoms with Gasteiger partial charge in [-0.25, -0.2) is 9.78 Å². The minimum Gasteiger partial charge on any atom is -0.363 e. The van der Waals surface area contributed by atoms with Gasteiger partial charge in [-0.15, -0.1) is 0 Å². The molecular formula is C17H23N5O. The van der Waals surface area contributed by atoms with Gasteiger partial charge in [-0.3, -0.25) is 0 Å². The number of fused-ring (bicyclic) bond motifs is 1. The van der Waals surface area contributed by atoms with Crippen molar-refractivity contribution in [3.05, 3.63) is 47.9 Å². The van der Waals surface area contributed by atoms with Gasteiger partial charge in [0.2, 0.25) is 0 Å². The van der Waals surface area contributed by atoms with E-state index in [4.69, 9.17) is 0 Å². The van der Waals surface area contributed by atoms with E-state index in [1.165, 1.54) is 5.69 Å². The third-order valence-electron chi connectivity index (χ3n) is 4.31. The van der Waals surface area contributed by atoms with Crippen molar-refractivity contribution in [1.29, 1.82) is 0 Å². The maximum atomic E-state index is 12.5. The summed E-state index contributed by atoms with van der Waals surface area (Å²) in [5.74, 6) is 0.890. The average molecular weight is 313 g/mol. The Morgan fingerprint density at radius 2 is 2.22 bits per heavy atom. The molecule has 0 saturated carbocycles. The van der Waals surface area contributed by atoms with E-state index in [1.807, 2.05) is 42.1 Å². The van der Waals surface area contributed by atoms with Gasteiger partial charge in [-0.2, -0.15) is 0 Å². The van der Waals surface area contributed by atoms with Crippen LogP contribution >= 0.6 is 0 Å². The van der Waals surface area contributed by atoms with E-state index in [2.05, 4.69) is 34.1 Å². The second kappa shape index (κ2) is 6.32. The van der Waals surface area contributed by atoms with Crippen molar-refractivity contribution < 1.29 is 4.79 Å². The molecule has 1 N–H and O–H groups in total. The predicted octanol–water partition coefficient (Wildman–Crippen LogP) is 2.24. The molecule has 6 heteroatoms. The lowest BCUT2D eigenvalue weighted by Crippen LogP contribution is -2.45. The molecule has 3 rings (SSSR count). The topological polar surface area (TPSA) is 53.4 Å². The number of carbonyl (C=O) groups is 1. The molecule has 0 unspecified atom stereocenters. The summed E-state index contributed by atoms with van der Waals surface area (Å²) in [7, 11) is 3.91. The fourth-order valence-electron chi connectivity index (χ4n) is 2.95. The summed E-state index contributed by atoms with van der Waals surface area (Å²) in [6.07, 6.45) is 3.84. The Morgan fingerprint density at radius 1 is 1.39 bits per heavy atom. The number of aromatic nitrogens is 2. The molecule has 3 heterocycles. The Kier molecular flexibility index (Phi) is 4.23. The van der Waals surface area contributed by atoms with Crippen LogP contribution in [0, 0.1) is 0 Å². The Hall–Kier alpha value is -2.50. The molecule has 1 aliphatic rings. The van der Waals surface area contributed by atoms with E-state index >= 15 is 0 Å². The van der Waals surface area contributed by atoms with Crippen molar-refractivity contribution in [2.75, 3.05) is 25.5 Å². The summed E-state index contributed by atoms with van der Waals surface area (Å²) in [6.45, 7) is 4.15. The van der Waals surface area contributed by atoms with Gasteiger partial charge in [0, 0.05) is 51.8 Å². The molecule has 0 saturated heterocycles. The van der Waals surface area contributed by atoms with Gasteiger partial charge in [0.1, 0.15) is 5.82 Å². The summed E-state index contributed by atoms with van der Waals surface area (Å²) in [6, 6.07) is 8.11. The van der Waals surface area contributed by atoms with Crippen LogP contribution in [0.25, 0.3) is 0 Å². The zero-order chi connectivity index (χ0) is 16.4. The quantitative estimate of drug-likeness (QED) is 0.945. The minimum atomic E-state index is -0.0202. The van der Waals surface area contributed by atoms with E-state index in [0.717, 1.165) is 24.5 Å². The highest BCUT2D eigenvalue weighted by Gasteiger charge is 2.27. The predicted molar refractivity (Wildman–Crippen MR) is 90.4 cm³/mol. The zero-order valence-corrected chi connectivity index (χ0v) is 13.9. The second-order valence-electron chi connectivity index (χ2n) is 6.07. The van der Waals surface area contributed by atoms with Crippen LogP contribution in [0.2, 0.25) is 0 Å². The number of carbonyl (C=O) groups excluding carboxylic acids is 1. The highest BCUT2D eigenvalue weighted by atomic mass is 16.2. The Balaban J connectivity index is 1.63. The lowest BCUT2D eigenvalue weighted by molar-refractivity contribution is 0.162. The number of nitrogens with zero attached hydrogens (tertiary/aromatic N) is 4. The second-order valence-corrected chi connectivity index (χ2v) is 6.07. The number of pyridine rings is 1. The third kappa shape index (κ3) is 3.16. The molecule has 0 aliphatic carbocycles. The van der Waals surface area contributed by atoms with Gasteiger partial charge in [0.05, 0.1) is 6.04 Å². The normalized spacial score (nSPS) is 16.8. The summed E-state index contributed by atoms with van der Waals surface area (Å²) >= 11 is 0. The van der Waals surface area contributed by atoms with Crippen LogP contribution in [0.1, 0.15) is 24.2 Å². The molecule has 0 radical (unpaired) electrons. The maximum Gasteiger partial charge on any atom is 0.318 e. The lowest BCUT2D eigenvalue weighted by atomic mass is 10.1. The van der Waals surface area contributed by atoms with Gasteiger partial charge in [0.15, 0.2) is 0 Å². The van der Waals surface area contributed by atoms with Gasteiger partial charge >= 0.3 is 6.03 Å². The lowest BCUT2D eigenvalue weighted by Gasteiger charge is -2.34. The first-order valence-electron chi connectivity index (χ1n) is 7.88. The summed E-state index contributed by atoms with van der Waals surface area (Å²) in [5, 5.41) is 3.02. The molecule has 0 bridgehead atoms. The molecule has 6 nitrogen and oxygen atoms in total. The molecule has 122 valence electrons. The molecule has 0 fully saturated rings. The monoisotopic (exact) mass is 313 g/mol. The van der Waals surface area contributed by atoms with Crippen molar-refractivity contribution in [1.82, 2.24) is 19.8 Å². The van der Waals surface area contributed by atoms with Crippen LogP contribution in [0.3, 0.4) is 0 Å². The molecule has 1 aliphatic heterocycles. The van der Waals surface area contributed by atoms with Crippen LogP contribution in [-0.4, -0.2) is 41.1 Å². The Bertz CT molecular complexity index is 694. The smallest absolute Gasteiger partial charge is 0.318 e. The van der Waals surface area contributed by atoms with Gasteiger partial charge in [-0.1, -0.05) is 0 Å². The molecule has 1 atom stereocenters. The Morgan fingerprint density at radius 3 is 3.00 bits per heavy atom. The van der Waals surface area contributed by atoms with Crippen molar-refractivity contribution in [3.8, 4) is 0 Å². The number of hydrogen-bond donors (Lipinski definition) is 1. The fraction of sp³-hybridized carbons (Fsp3) is 0.412. The van der Waals surface area contributed by atoms with Crippen LogP contribution in [-0.2, 0) is 13.1 Å². The fourth-order valence-corrected chi connectivity index (χ4v) is 2.95. The standard InChI is InChI=1S/C17H23N5O/c1-13-15-5-4-8-21(15)9-10-22(13)17(23)19-12-14-6-7-18-16(11-14)20(2)3/h4-8,11,13H,9-10,12H2,1-3H3,(H,19,23)/t13-/m0/s1. The average Bonchev–Trinajstić information content (AvgIpc) is 3.03. The molecule has 23 heavy (non-hydrogen) atoms. The number of hydrogen-bond acceptors (Lipinski definition) is 3. The SMILES string of the molecule is C[C@H]1c2cccn2CCN1C(=O)NCc1ccnc(N(C)C)c1. The van der Waals surface area contributed by atoms with Crippen molar-refractivity contribution in [2.24, 2.45) is 0 Å². The number of amides is 2. The van der Waals surface area contributed by atoms with E-state index < -0.39 is 0 Å². The molecule has 2 aromatic rings. The van der Waals surface area contributed by atoms with Crippen molar-refractivity contribution >= 4 is 11.8 Å². The number of nitrogens with one attached hydrogen (secondary N) is 1. The highest BCUT2D eigenvalue weighted by molar-refractivity contribution is 5.74. The van der Waals surface area contributed by atoms with E-state index in [1.54, 1.807) is 6.20 Å². The van der Waals surface area contributed by atoms with E-state index in [9.17, 15) is 4.79 Å². The van der Waals surface area contributed by atoms with Crippen LogP contribution in [0.4, 0.5) is 10.6 Å². The molecule has 2 amide bonds. The van der Waals surface area contributed by atoms with Crippen molar-refractivity contribution in [3.63, 3.8) is 0 Å². The van der Waals surface area contributed by atoms with Gasteiger partial charge in [0.25, 0.3) is 0 Å². The number of rotatable bonds is 3. The maximum absolute atomic E-state index is 12.5. The van der Waals surface area contributed by atoms with Crippen molar-refractivity contribution in [2.45, 2.75) is 26.1 Å². The van der Waals surface area contributed by atoms with Gasteiger partial charge in [-0.05, 0) is 36.8 Å². The van der Waals surface area contributed by atoms with Crippen LogP contribution in [0.15, 0.2) is 36.7 Å². The van der Waals surface area contributed by atoms with E-state index in [-0.39, 0.29) is 12.1 Å². The van der Waals surface area contributed by atoms with Crippen LogP contribution < -0.4 is 10.2 Å². The number of urea groups is 1. The third-order valence-corrected chi connectivity index (χ3v) is 4.31. The Labute approximate surface area is 136 Å². The highest BCUT2D eigenvalue weighted by Crippen LogP contribution is 2.25. The van der Waals surface area contributed by atoms with E-state index in [0.29, 0.717) is 6.54 Å². The first-order valence-corrected chi connectivity index (χ1v) is 7.88. The first-order chi connectivity index (χ1) is 11.1. The summed E-state index contributed by atoms with van der Waals surface area (Å²) in [4.78, 5) is 20.6. The largest absolute Gasteiger partial charge is 0.363 e. The zero-order valence-electron chi connectivity index (χ0n) is 13.9. The van der Waals surface area contributed by atoms with Crippen LogP contribution in [0.5, 0.6) is 0 Å². The van der Waals surface area contributed by atoms with Gasteiger partial charge < -0.3 is 19.7 Å². The first kappa shape index (κ1) is 15.4. The molecule has 0 spiro atoms. The number of anilines is 1.